The van der Waals surface area contributed by atoms with Crippen LogP contribution in [0.5, 0.6) is 0 Å². The summed E-state index contributed by atoms with van der Waals surface area (Å²) in [5.74, 6) is 0. The highest BCUT2D eigenvalue weighted by molar-refractivity contribution is 5.79. The first-order valence-electron chi connectivity index (χ1n) is 11.8. The Morgan fingerprint density at radius 2 is 1.26 bits per heavy atom. The third-order valence-electron chi connectivity index (χ3n) is 6.14. The van der Waals surface area contributed by atoms with Gasteiger partial charge < -0.3 is 9.97 Å². The molecule has 2 aliphatic heterocycles. The molecule has 0 spiro atoms. The maximum absolute atomic E-state index is 4.81. The lowest BCUT2D eigenvalue weighted by Crippen LogP contribution is -2.29. The third-order valence-corrected chi connectivity index (χ3v) is 6.14. The summed E-state index contributed by atoms with van der Waals surface area (Å²) >= 11 is 0. The number of hydrogen-bond acceptors (Lipinski definition) is 2. The number of unbranched alkanes of at least 4 members (excludes halogenated alkanes) is 1. The van der Waals surface area contributed by atoms with Gasteiger partial charge in [0.1, 0.15) is 5.52 Å². The SMILES string of the molecule is CCCCc1cc[n+](-c2cc3cc4nc(cc5ccc(cc6nc(cc2[nH]3)C=C6)[nH]5)C=C4)cc1. The number of aromatic amines is 2. The zero-order chi connectivity index (χ0) is 22.9. The van der Waals surface area contributed by atoms with E-state index in [9.17, 15) is 0 Å². The van der Waals surface area contributed by atoms with Crippen LogP contribution in [0.15, 0.2) is 67.0 Å². The van der Waals surface area contributed by atoms with Gasteiger partial charge in [-0.3, -0.25) is 0 Å². The third kappa shape index (κ3) is 4.20. The van der Waals surface area contributed by atoms with Crippen LogP contribution in [0.2, 0.25) is 0 Å². The molecule has 5 nitrogen and oxygen atoms in total. The predicted octanol–water partition coefficient (Wildman–Crippen LogP) is 6.27. The average molecular weight is 445 g/mol. The van der Waals surface area contributed by atoms with Crippen molar-refractivity contribution in [2.75, 3.05) is 0 Å². The van der Waals surface area contributed by atoms with Crippen LogP contribution >= 0.6 is 0 Å². The molecule has 0 amide bonds. The molecule has 5 heteroatoms. The van der Waals surface area contributed by atoms with Crippen molar-refractivity contribution in [3.05, 3.63) is 95.3 Å². The van der Waals surface area contributed by atoms with E-state index in [1.54, 1.807) is 0 Å². The number of aromatic nitrogens is 5. The van der Waals surface area contributed by atoms with Gasteiger partial charge >= 0.3 is 0 Å². The van der Waals surface area contributed by atoms with Crippen LogP contribution in [0.4, 0.5) is 0 Å². The minimum atomic E-state index is 0.917. The van der Waals surface area contributed by atoms with E-state index in [1.165, 1.54) is 18.4 Å². The van der Waals surface area contributed by atoms with Crippen LogP contribution in [0, 0.1) is 0 Å². The van der Waals surface area contributed by atoms with Crippen molar-refractivity contribution in [1.82, 2.24) is 19.9 Å². The minimum absolute atomic E-state index is 0.917. The van der Waals surface area contributed by atoms with Gasteiger partial charge in [0.2, 0.25) is 5.69 Å². The van der Waals surface area contributed by atoms with Crippen LogP contribution < -0.4 is 4.57 Å². The Morgan fingerprint density at radius 1 is 0.676 bits per heavy atom. The first-order chi connectivity index (χ1) is 16.7. The minimum Gasteiger partial charge on any atom is -0.355 e. The summed E-state index contributed by atoms with van der Waals surface area (Å²) in [4.78, 5) is 16.6. The molecule has 34 heavy (non-hydrogen) atoms. The van der Waals surface area contributed by atoms with E-state index >= 15 is 0 Å². The zero-order valence-electron chi connectivity index (χ0n) is 19.1. The summed E-state index contributed by atoms with van der Waals surface area (Å²) < 4.78 is 2.16. The normalized spacial score (nSPS) is 12.4. The lowest BCUT2D eigenvalue weighted by Gasteiger charge is -1.98. The van der Waals surface area contributed by atoms with E-state index in [0.717, 1.165) is 57.0 Å². The molecule has 2 N–H and O–H groups in total. The quantitative estimate of drug-likeness (QED) is 0.315. The Morgan fingerprint density at radius 3 is 1.88 bits per heavy atom. The second-order valence-electron chi connectivity index (χ2n) is 8.78. The number of H-pyrrole nitrogens is 2. The second-order valence-corrected chi connectivity index (χ2v) is 8.78. The summed E-state index contributed by atoms with van der Waals surface area (Å²) in [5.41, 5.74) is 10.2. The maximum atomic E-state index is 4.81. The molecule has 0 aromatic carbocycles. The van der Waals surface area contributed by atoms with E-state index in [1.807, 2.05) is 18.2 Å². The van der Waals surface area contributed by atoms with Crippen molar-refractivity contribution in [3.63, 3.8) is 0 Å². The van der Waals surface area contributed by atoms with Gasteiger partial charge in [0, 0.05) is 34.7 Å². The van der Waals surface area contributed by atoms with Crippen LogP contribution in [0.3, 0.4) is 0 Å². The molecule has 2 aliphatic rings. The number of rotatable bonds is 4. The summed E-state index contributed by atoms with van der Waals surface area (Å²) in [7, 11) is 0. The Bertz CT molecular complexity index is 1580. The Labute approximate surface area is 198 Å². The zero-order valence-corrected chi connectivity index (χ0v) is 19.1. The van der Waals surface area contributed by atoms with Crippen LogP contribution in [-0.2, 0) is 6.42 Å². The molecule has 0 unspecified atom stereocenters. The monoisotopic (exact) mass is 444 g/mol. The molecule has 6 heterocycles. The van der Waals surface area contributed by atoms with Crippen molar-refractivity contribution in [2.24, 2.45) is 0 Å². The smallest absolute Gasteiger partial charge is 0.236 e. The fourth-order valence-corrected chi connectivity index (χ4v) is 4.38. The standard InChI is InChI=1S/C29H26N5/c1-2-3-4-20-11-13-34(14-12-20)29-19-27-17-25-8-7-23(31-25)15-21-5-6-22(30-21)16-24-9-10-26(32-24)18-28(29)33-27/h5-19,30,33H,2-4H2,1H3/q+1. The molecule has 4 aromatic heterocycles. The summed E-state index contributed by atoms with van der Waals surface area (Å²) in [6.45, 7) is 2.23. The average Bonchev–Trinajstić information content (AvgIpc) is 3.63. The highest BCUT2D eigenvalue weighted by Crippen LogP contribution is 2.20. The van der Waals surface area contributed by atoms with Crippen molar-refractivity contribution in [1.29, 1.82) is 0 Å². The first-order valence-corrected chi connectivity index (χ1v) is 11.8. The summed E-state index contributed by atoms with van der Waals surface area (Å²) in [6.07, 6.45) is 16.0. The number of nitrogens with zero attached hydrogens (tertiary/aromatic N) is 3. The molecule has 0 saturated heterocycles. The molecule has 0 fully saturated rings. The maximum Gasteiger partial charge on any atom is 0.236 e. The second kappa shape index (κ2) is 8.60. The molecule has 0 saturated carbocycles. The fraction of sp³-hybridized carbons (Fsp3) is 0.138. The molecule has 0 radical (unpaired) electrons. The van der Waals surface area contributed by atoms with Gasteiger partial charge in [-0.05, 0) is 79.1 Å². The molecule has 0 aliphatic carbocycles. The number of fused-ring (bicyclic) bond motifs is 8. The fourth-order valence-electron chi connectivity index (χ4n) is 4.38. The van der Waals surface area contributed by atoms with E-state index in [0.29, 0.717) is 0 Å². The number of pyridine rings is 1. The largest absolute Gasteiger partial charge is 0.355 e. The Hall–Kier alpha value is -4.25. The van der Waals surface area contributed by atoms with E-state index in [2.05, 4.69) is 94.5 Å². The number of hydrogen-bond donors (Lipinski definition) is 2. The lowest BCUT2D eigenvalue weighted by atomic mass is 10.1. The van der Waals surface area contributed by atoms with Gasteiger partial charge in [0.15, 0.2) is 12.4 Å². The molecular weight excluding hydrogens is 418 g/mol. The van der Waals surface area contributed by atoms with E-state index < -0.39 is 0 Å². The molecule has 6 rings (SSSR count). The van der Waals surface area contributed by atoms with Gasteiger partial charge in [0.05, 0.1) is 22.8 Å². The Balaban J connectivity index is 1.56. The van der Waals surface area contributed by atoms with Gasteiger partial charge in [-0.15, -0.1) is 0 Å². The molecule has 4 aromatic rings. The van der Waals surface area contributed by atoms with Crippen molar-refractivity contribution < 1.29 is 4.57 Å². The van der Waals surface area contributed by atoms with Gasteiger partial charge in [-0.2, -0.15) is 4.57 Å². The Kier molecular flexibility index (Phi) is 5.15. The van der Waals surface area contributed by atoms with Gasteiger partial charge in [0.25, 0.3) is 0 Å². The first kappa shape index (κ1) is 20.4. The summed E-state index contributed by atoms with van der Waals surface area (Å²) in [5, 5.41) is 0. The van der Waals surface area contributed by atoms with Crippen molar-refractivity contribution in [3.8, 4) is 5.69 Å². The van der Waals surface area contributed by atoms with Crippen molar-refractivity contribution in [2.45, 2.75) is 26.2 Å². The number of aryl methyl sites for hydroxylation is 1. The van der Waals surface area contributed by atoms with E-state index in [4.69, 9.17) is 9.97 Å². The highest BCUT2D eigenvalue weighted by Gasteiger charge is 2.13. The molecule has 166 valence electrons. The lowest BCUT2D eigenvalue weighted by molar-refractivity contribution is -0.594. The van der Waals surface area contributed by atoms with E-state index in [-0.39, 0.29) is 0 Å². The van der Waals surface area contributed by atoms with Crippen molar-refractivity contribution >= 4 is 46.4 Å². The molecule has 0 atom stereocenters. The van der Waals surface area contributed by atoms with Gasteiger partial charge in [-0.1, -0.05) is 13.3 Å². The highest BCUT2D eigenvalue weighted by atomic mass is 15.0. The van der Waals surface area contributed by atoms with Gasteiger partial charge in [-0.25, -0.2) is 9.97 Å². The molecular formula is C29H26N5+. The van der Waals surface area contributed by atoms with Crippen LogP contribution in [0.1, 0.15) is 48.1 Å². The van der Waals surface area contributed by atoms with Crippen LogP contribution in [0.25, 0.3) is 52.1 Å². The predicted molar refractivity (Wildman–Crippen MR) is 139 cm³/mol. The topological polar surface area (TPSA) is 61.2 Å². The molecule has 8 bridgehead atoms. The summed E-state index contributed by atoms with van der Waals surface area (Å²) in [6, 6.07) is 19.0. The number of nitrogens with one attached hydrogen (secondary N) is 2. The van der Waals surface area contributed by atoms with Crippen LogP contribution in [-0.4, -0.2) is 19.9 Å².